The highest BCUT2D eigenvalue weighted by atomic mass is 16.5. The zero-order chi connectivity index (χ0) is 19.8. The summed E-state index contributed by atoms with van der Waals surface area (Å²) in [5.74, 6) is -0.989. The number of aromatic hydroxyl groups is 2. The standard InChI is InChI=1S/C19H20O8/c1-24-18(22)12-4-6-16(14(20)10-12)26-8-3-9-27-17-7-5-13(11-15(17)21)19(23)25-2/h4-7,10-11,20-21H,3,8-9H2,1-2H3. The van der Waals surface area contributed by atoms with Gasteiger partial charge in [-0.05, 0) is 36.4 Å². The van der Waals surface area contributed by atoms with Crippen molar-refractivity contribution < 1.29 is 38.7 Å². The molecule has 0 radical (unpaired) electrons. The zero-order valence-corrected chi connectivity index (χ0v) is 14.9. The van der Waals surface area contributed by atoms with Crippen LogP contribution < -0.4 is 9.47 Å². The Morgan fingerprint density at radius 3 is 1.52 bits per heavy atom. The number of esters is 2. The first-order chi connectivity index (χ1) is 13.0. The summed E-state index contributed by atoms with van der Waals surface area (Å²) in [5.41, 5.74) is 0.438. The number of hydrogen-bond acceptors (Lipinski definition) is 8. The number of carbonyl (C=O) groups excluding carboxylic acids is 2. The van der Waals surface area contributed by atoms with Crippen LogP contribution in [0.15, 0.2) is 36.4 Å². The summed E-state index contributed by atoms with van der Waals surface area (Å²) in [6.07, 6.45) is 0.469. The van der Waals surface area contributed by atoms with Crippen LogP contribution in [0.3, 0.4) is 0 Å². The average molecular weight is 376 g/mol. The van der Waals surface area contributed by atoms with Crippen LogP contribution in [-0.2, 0) is 9.47 Å². The van der Waals surface area contributed by atoms with E-state index in [1.165, 1.54) is 50.6 Å². The molecule has 0 unspecified atom stereocenters. The largest absolute Gasteiger partial charge is 0.504 e. The van der Waals surface area contributed by atoms with Gasteiger partial charge in [-0.3, -0.25) is 0 Å². The molecule has 0 heterocycles. The van der Waals surface area contributed by atoms with E-state index in [0.717, 1.165) is 0 Å². The molecule has 2 aromatic carbocycles. The Labute approximate surface area is 155 Å². The molecule has 0 spiro atoms. The van der Waals surface area contributed by atoms with Crippen LogP contribution >= 0.6 is 0 Å². The van der Waals surface area contributed by atoms with Gasteiger partial charge in [-0.15, -0.1) is 0 Å². The molecule has 0 fully saturated rings. The Morgan fingerprint density at radius 2 is 1.19 bits per heavy atom. The van der Waals surface area contributed by atoms with Crippen molar-refractivity contribution in [3.05, 3.63) is 47.5 Å². The molecule has 0 saturated carbocycles. The van der Waals surface area contributed by atoms with Crippen LogP contribution in [0.2, 0.25) is 0 Å². The molecule has 0 aliphatic heterocycles. The number of carbonyl (C=O) groups is 2. The van der Waals surface area contributed by atoms with Gasteiger partial charge in [-0.2, -0.15) is 0 Å². The van der Waals surface area contributed by atoms with E-state index >= 15 is 0 Å². The first kappa shape index (κ1) is 19.9. The fraction of sp³-hybridized carbons (Fsp3) is 0.263. The van der Waals surface area contributed by atoms with E-state index in [1.807, 2.05) is 0 Å². The molecule has 8 nitrogen and oxygen atoms in total. The fourth-order valence-electron chi connectivity index (χ4n) is 2.19. The van der Waals surface area contributed by atoms with Gasteiger partial charge in [0.05, 0.1) is 38.6 Å². The van der Waals surface area contributed by atoms with E-state index in [0.29, 0.717) is 6.42 Å². The van der Waals surface area contributed by atoms with E-state index < -0.39 is 11.9 Å². The summed E-state index contributed by atoms with van der Waals surface area (Å²) in [5, 5.41) is 19.7. The van der Waals surface area contributed by atoms with E-state index in [1.54, 1.807) is 0 Å². The average Bonchev–Trinajstić information content (AvgIpc) is 2.68. The Kier molecular flexibility index (Phi) is 6.87. The van der Waals surface area contributed by atoms with Crippen LogP contribution in [0.5, 0.6) is 23.0 Å². The van der Waals surface area contributed by atoms with Gasteiger partial charge in [0.25, 0.3) is 0 Å². The molecular weight excluding hydrogens is 356 g/mol. The number of phenols is 2. The molecular formula is C19H20O8. The van der Waals surface area contributed by atoms with Crippen molar-refractivity contribution in [1.82, 2.24) is 0 Å². The lowest BCUT2D eigenvalue weighted by Crippen LogP contribution is -2.06. The summed E-state index contributed by atoms with van der Waals surface area (Å²) in [7, 11) is 2.51. The number of benzene rings is 2. The topological polar surface area (TPSA) is 112 Å². The summed E-state index contributed by atoms with van der Waals surface area (Å²) in [6.45, 7) is 0.484. The second-order valence-electron chi connectivity index (χ2n) is 5.40. The molecule has 2 N–H and O–H groups in total. The molecule has 2 aromatic rings. The van der Waals surface area contributed by atoms with Crippen molar-refractivity contribution in [2.24, 2.45) is 0 Å². The Morgan fingerprint density at radius 1 is 0.778 bits per heavy atom. The van der Waals surface area contributed by atoms with Crippen LogP contribution in [0.4, 0.5) is 0 Å². The minimum Gasteiger partial charge on any atom is -0.504 e. The summed E-state index contributed by atoms with van der Waals surface area (Å²) in [6, 6.07) is 8.44. The molecule has 8 heteroatoms. The lowest BCUT2D eigenvalue weighted by Gasteiger charge is -2.11. The van der Waals surface area contributed by atoms with Crippen molar-refractivity contribution in [2.75, 3.05) is 27.4 Å². The maximum Gasteiger partial charge on any atom is 0.337 e. The van der Waals surface area contributed by atoms with Gasteiger partial charge in [-0.25, -0.2) is 9.59 Å². The number of ether oxygens (including phenoxy) is 4. The van der Waals surface area contributed by atoms with Gasteiger partial charge < -0.3 is 29.2 Å². The van der Waals surface area contributed by atoms with E-state index in [2.05, 4.69) is 9.47 Å². The molecule has 0 aliphatic rings. The molecule has 144 valence electrons. The maximum absolute atomic E-state index is 11.4. The summed E-state index contributed by atoms with van der Waals surface area (Å²) in [4.78, 5) is 22.8. The number of phenolic OH excluding ortho intramolecular Hbond substituents is 2. The molecule has 0 saturated heterocycles. The molecule has 0 aliphatic carbocycles. The number of hydrogen-bond donors (Lipinski definition) is 2. The van der Waals surface area contributed by atoms with Gasteiger partial charge in [0.1, 0.15) is 0 Å². The zero-order valence-electron chi connectivity index (χ0n) is 14.9. The van der Waals surface area contributed by atoms with Crippen molar-refractivity contribution in [3.63, 3.8) is 0 Å². The van der Waals surface area contributed by atoms with E-state index in [4.69, 9.17) is 9.47 Å². The van der Waals surface area contributed by atoms with Crippen LogP contribution in [-0.4, -0.2) is 49.6 Å². The second-order valence-corrected chi connectivity index (χ2v) is 5.40. The molecule has 0 atom stereocenters. The Bertz CT molecular complexity index is 748. The highest BCUT2D eigenvalue weighted by Crippen LogP contribution is 2.28. The van der Waals surface area contributed by atoms with Crippen LogP contribution in [0.25, 0.3) is 0 Å². The molecule has 2 rings (SSSR count). The summed E-state index contributed by atoms with van der Waals surface area (Å²) < 4.78 is 20.0. The van der Waals surface area contributed by atoms with E-state index in [-0.39, 0.29) is 47.3 Å². The van der Waals surface area contributed by atoms with Crippen molar-refractivity contribution in [2.45, 2.75) is 6.42 Å². The normalized spacial score (nSPS) is 10.1. The van der Waals surface area contributed by atoms with Gasteiger partial charge in [0.2, 0.25) is 0 Å². The monoisotopic (exact) mass is 376 g/mol. The molecule has 0 bridgehead atoms. The Balaban J connectivity index is 1.81. The molecule has 0 aromatic heterocycles. The summed E-state index contributed by atoms with van der Waals surface area (Å²) >= 11 is 0. The van der Waals surface area contributed by atoms with Crippen LogP contribution in [0.1, 0.15) is 27.1 Å². The highest BCUT2D eigenvalue weighted by Gasteiger charge is 2.11. The van der Waals surface area contributed by atoms with Crippen molar-refractivity contribution in [3.8, 4) is 23.0 Å². The Hall–Kier alpha value is -3.42. The quantitative estimate of drug-likeness (QED) is 0.534. The first-order valence-electron chi connectivity index (χ1n) is 8.04. The third kappa shape index (κ3) is 5.27. The maximum atomic E-state index is 11.4. The first-order valence-corrected chi connectivity index (χ1v) is 8.04. The highest BCUT2D eigenvalue weighted by molar-refractivity contribution is 5.90. The smallest absolute Gasteiger partial charge is 0.337 e. The predicted molar refractivity (Wildman–Crippen MR) is 94.5 cm³/mol. The lowest BCUT2D eigenvalue weighted by atomic mass is 10.2. The SMILES string of the molecule is COC(=O)c1ccc(OCCCOc2ccc(C(=O)OC)cc2O)c(O)c1. The number of rotatable bonds is 8. The molecule has 27 heavy (non-hydrogen) atoms. The van der Waals surface area contributed by atoms with Crippen molar-refractivity contribution >= 4 is 11.9 Å². The van der Waals surface area contributed by atoms with Gasteiger partial charge in [0, 0.05) is 6.42 Å². The van der Waals surface area contributed by atoms with Gasteiger partial charge in [-0.1, -0.05) is 0 Å². The number of methoxy groups -OCH3 is 2. The lowest BCUT2D eigenvalue weighted by molar-refractivity contribution is 0.0591. The van der Waals surface area contributed by atoms with Gasteiger partial charge in [0.15, 0.2) is 23.0 Å². The molecule has 0 amide bonds. The minimum absolute atomic E-state index is 0.171. The third-order valence-corrected chi connectivity index (χ3v) is 3.56. The fourth-order valence-corrected chi connectivity index (χ4v) is 2.19. The third-order valence-electron chi connectivity index (χ3n) is 3.56. The van der Waals surface area contributed by atoms with Crippen LogP contribution in [0, 0.1) is 0 Å². The van der Waals surface area contributed by atoms with Crippen molar-refractivity contribution in [1.29, 1.82) is 0 Å². The van der Waals surface area contributed by atoms with E-state index in [9.17, 15) is 19.8 Å². The second kappa shape index (κ2) is 9.33. The minimum atomic E-state index is -0.553. The van der Waals surface area contributed by atoms with Gasteiger partial charge >= 0.3 is 11.9 Å². The predicted octanol–water partition coefficient (Wildman–Crippen LogP) is 2.52.